The molecule has 2 rings (SSSR count). The Morgan fingerprint density at radius 1 is 1.14 bits per heavy atom. The van der Waals surface area contributed by atoms with Gasteiger partial charge in [0.2, 0.25) is 0 Å². The third-order valence-electron chi connectivity index (χ3n) is 3.89. The highest BCUT2D eigenvalue weighted by atomic mass is 16.5. The summed E-state index contributed by atoms with van der Waals surface area (Å²) < 4.78 is 5.46. The lowest BCUT2D eigenvalue weighted by molar-refractivity contribution is -0.124. The van der Waals surface area contributed by atoms with Gasteiger partial charge in [-0.15, -0.1) is 0 Å². The average Bonchev–Trinajstić information content (AvgIpc) is 2.53. The zero-order valence-corrected chi connectivity index (χ0v) is 12.8. The van der Waals surface area contributed by atoms with E-state index < -0.39 is 0 Å². The van der Waals surface area contributed by atoms with Crippen LogP contribution in [0.2, 0.25) is 0 Å². The summed E-state index contributed by atoms with van der Waals surface area (Å²) in [4.78, 5) is 11.9. The molecule has 116 valence electrons. The number of hydrogen-bond donors (Lipinski definition) is 2. The van der Waals surface area contributed by atoms with Gasteiger partial charge in [0.05, 0.1) is 0 Å². The Balaban J connectivity index is 1.63. The van der Waals surface area contributed by atoms with Gasteiger partial charge in [-0.1, -0.05) is 25.1 Å². The van der Waals surface area contributed by atoms with Gasteiger partial charge in [-0.05, 0) is 50.8 Å². The lowest BCUT2D eigenvalue weighted by Gasteiger charge is -2.29. The van der Waals surface area contributed by atoms with Crippen LogP contribution in [-0.2, 0) is 4.79 Å². The molecule has 1 aromatic carbocycles. The van der Waals surface area contributed by atoms with Crippen molar-refractivity contribution in [2.24, 2.45) is 0 Å². The van der Waals surface area contributed by atoms with E-state index in [1.54, 1.807) is 0 Å². The normalized spacial score (nSPS) is 21.8. The quantitative estimate of drug-likeness (QED) is 0.811. The van der Waals surface area contributed by atoms with Gasteiger partial charge in [0.15, 0.2) is 6.61 Å². The van der Waals surface area contributed by atoms with Crippen LogP contribution in [0.4, 0.5) is 0 Å². The predicted octanol–water partition coefficient (Wildman–Crippen LogP) is 2.49. The van der Waals surface area contributed by atoms with Crippen molar-refractivity contribution in [2.75, 3.05) is 13.2 Å². The van der Waals surface area contributed by atoms with Crippen LogP contribution in [0.3, 0.4) is 0 Å². The zero-order chi connectivity index (χ0) is 14.9. The summed E-state index contributed by atoms with van der Waals surface area (Å²) in [6.07, 6.45) is 5.57. The maximum absolute atomic E-state index is 11.9. The smallest absolute Gasteiger partial charge is 0.258 e. The number of carbonyl (C=O) groups is 1. The summed E-state index contributed by atoms with van der Waals surface area (Å²) in [6, 6.07) is 10.4. The summed E-state index contributed by atoms with van der Waals surface area (Å²) in [5.41, 5.74) is 0. The monoisotopic (exact) mass is 290 g/mol. The zero-order valence-electron chi connectivity index (χ0n) is 12.8. The Labute approximate surface area is 127 Å². The Morgan fingerprint density at radius 2 is 1.81 bits per heavy atom. The molecule has 0 bridgehead atoms. The van der Waals surface area contributed by atoms with Gasteiger partial charge in [0, 0.05) is 12.1 Å². The molecular formula is C17H26N2O2. The Kier molecular flexibility index (Phi) is 6.54. The van der Waals surface area contributed by atoms with Crippen LogP contribution < -0.4 is 15.4 Å². The fourth-order valence-corrected chi connectivity index (χ4v) is 2.73. The molecule has 0 heterocycles. The molecule has 0 spiro atoms. The van der Waals surface area contributed by atoms with E-state index in [9.17, 15) is 4.79 Å². The summed E-state index contributed by atoms with van der Waals surface area (Å²) >= 11 is 0. The van der Waals surface area contributed by atoms with Gasteiger partial charge in [-0.2, -0.15) is 0 Å². The fourth-order valence-electron chi connectivity index (χ4n) is 2.73. The molecule has 2 N–H and O–H groups in total. The number of hydrogen-bond acceptors (Lipinski definition) is 3. The van der Waals surface area contributed by atoms with Crippen LogP contribution in [0.15, 0.2) is 30.3 Å². The van der Waals surface area contributed by atoms with E-state index in [2.05, 4.69) is 17.6 Å². The largest absolute Gasteiger partial charge is 0.484 e. The van der Waals surface area contributed by atoms with Gasteiger partial charge in [-0.3, -0.25) is 4.79 Å². The molecule has 21 heavy (non-hydrogen) atoms. The van der Waals surface area contributed by atoms with Gasteiger partial charge >= 0.3 is 0 Å². The molecule has 0 unspecified atom stereocenters. The van der Waals surface area contributed by atoms with E-state index in [-0.39, 0.29) is 12.5 Å². The van der Waals surface area contributed by atoms with Crippen molar-refractivity contribution < 1.29 is 9.53 Å². The third-order valence-corrected chi connectivity index (χ3v) is 3.89. The number of benzene rings is 1. The molecule has 4 nitrogen and oxygen atoms in total. The summed E-state index contributed by atoms with van der Waals surface area (Å²) in [5.74, 6) is 0.712. The van der Waals surface area contributed by atoms with E-state index in [1.165, 1.54) is 6.42 Å². The molecule has 1 aliphatic carbocycles. The van der Waals surface area contributed by atoms with Gasteiger partial charge in [-0.25, -0.2) is 0 Å². The molecule has 0 radical (unpaired) electrons. The van der Waals surface area contributed by atoms with Crippen LogP contribution in [0.5, 0.6) is 5.75 Å². The van der Waals surface area contributed by atoms with E-state index in [1.807, 2.05) is 30.3 Å². The minimum Gasteiger partial charge on any atom is -0.484 e. The number of ether oxygens (including phenoxy) is 1. The van der Waals surface area contributed by atoms with Crippen molar-refractivity contribution in [1.29, 1.82) is 0 Å². The highest BCUT2D eigenvalue weighted by molar-refractivity contribution is 5.77. The molecule has 0 aromatic heterocycles. The molecular weight excluding hydrogens is 264 g/mol. The van der Waals surface area contributed by atoms with E-state index >= 15 is 0 Å². The molecule has 1 fully saturated rings. The summed E-state index contributed by atoms with van der Waals surface area (Å²) in [6.45, 7) is 3.37. The van der Waals surface area contributed by atoms with E-state index in [0.29, 0.717) is 12.1 Å². The second-order valence-corrected chi connectivity index (χ2v) is 5.67. The first-order valence-corrected chi connectivity index (χ1v) is 7.98. The van der Waals surface area contributed by atoms with Crippen molar-refractivity contribution in [3.8, 4) is 5.75 Å². The minimum atomic E-state index is -0.0242. The fraction of sp³-hybridized carbons (Fsp3) is 0.588. The lowest BCUT2D eigenvalue weighted by atomic mass is 9.91. The second kappa shape index (κ2) is 8.67. The van der Waals surface area contributed by atoms with Gasteiger partial charge in [0.25, 0.3) is 5.91 Å². The van der Waals surface area contributed by atoms with Crippen LogP contribution in [-0.4, -0.2) is 31.1 Å². The SMILES string of the molecule is CCCNC1CCC(NC(=O)COc2ccccc2)CC1. The van der Waals surface area contributed by atoms with Gasteiger partial charge in [0.1, 0.15) is 5.75 Å². The highest BCUT2D eigenvalue weighted by Gasteiger charge is 2.21. The standard InChI is InChI=1S/C17H26N2O2/c1-2-12-18-14-8-10-15(11-9-14)19-17(20)13-21-16-6-4-3-5-7-16/h3-7,14-15,18H,2,8-13H2,1H3,(H,19,20). The highest BCUT2D eigenvalue weighted by Crippen LogP contribution is 2.18. The first-order chi connectivity index (χ1) is 10.3. The third kappa shape index (κ3) is 5.76. The Morgan fingerprint density at radius 3 is 2.48 bits per heavy atom. The van der Waals surface area contributed by atoms with Crippen LogP contribution in [0.25, 0.3) is 0 Å². The van der Waals surface area contributed by atoms with Crippen LogP contribution >= 0.6 is 0 Å². The van der Waals surface area contributed by atoms with Crippen molar-refractivity contribution in [1.82, 2.24) is 10.6 Å². The van der Waals surface area contributed by atoms with Crippen molar-refractivity contribution in [3.05, 3.63) is 30.3 Å². The molecule has 1 aliphatic rings. The number of amides is 1. The van der Waals surface area contributed by atoms with Crippen LogP contribution in [0.1, 0.15) is 39.0 Å². The number of carbonyl (C=O) groups excluding carboxylic acids is 1. The van der Waals surface area contributed by atoms with Crippen molar-refractivity contribution >= 4 is 5.91 Å². The molecule has 1 amide bonds. The van der Waals surface area contributed by atoms with Gasteiger partial charge < -0.3 is 15.4 Å². The molecule has 1 aromatic rings. The molecule has 4 heteroatoms. The second-order valence-electron chi connectivity index (χ2n) is 5.67. The molecule has 1 saturated carbocycles. The number of nitrogens with one attached hydrogen (secondary N) is 2. The van der Waals surface area contributed by atoms with E-state index in [0.717, 1.165) is 38.0 Å². The molecule has 0 atom stereocenters. The van der Waals surface area contributed by atoms with Crippen LogP contribution in [0, 0.1) is 0 Å². The topological polar surface area (TPSA) is 50.4 Å². The first kappa shape index (κ1) is 15.8. The maximum atomic E-state index is 11.9. The molecule has 0 aliphatic heterocycles. The Hall–Kier alpha value is -1.55. The lowest BCUT2D eigenvalue weighted by Crippen LogP contribution is -2.43. The average molecular weight is 290 g/mol. The minimum absolute atomic E-state index is 0.0242. The first-order valence-electron chi connectivity index (χ1n) is 7.98. The summed E-state index contributed by atoms with van der Waals surface area (Å²) in [5, 5.41) is 6.63. The van der Waals surface area contributed by atoms with E-state index in [4.69, 9.17) is 4.74 Å². The molecule has 0 saturated heterocycles. The number of rotatable bonds is 7. The number of para-hydroxylation sites is 1. The predicted molar refractivity (Wildman–Crippen MR) is 84.4 cm³/mol. The Bertz CT molecular complexity index is 414. The summed E-state index contributed by atoms with van der Waals surface area (Å²) in [7, 11) is 0. The maximum Gasteiger partial charge on any atom is 0.258 e. The van der Waals surface area contributed by atoms with Crippen molar-refractivity contribution in [3.63, 3.8) is 0 Å². The van der Waals surface area contributed by atoms with Crippen molar-refractivity contribution in [2.45, 2.75) is 51.1 Å².